The second-order valence-corrected chi connectivity index (χ2v) is 2.87. The van der Waals surface area contributed by atoms with Crippen LogP contribution >= 0.6 is 16.1 Å². The molecule has 4 nitrogen and oxygen atoms in total. The molecule has 0 aromatic rings. The van der Waals surface area contributed by atoms with Crippen molar-refractivity contribution in [2.75, 3.05) is 0 Å². The number of nitrogens with zero attached hydrogens (tertiary/aromatic N) is 1. The van der Waals surface area contributed by atoms with Crippen LogP contribution in [0.4, 0.5) is 0 Å². The molecule has 1 fully saturated rings. The van der Waals surface area contributed by atoms with Crippen molar-refractivity contribution in [2.24, 2.45) is 0 Å². The Morgan fingerprint density at radius 2 is 1.67 bits per heavy atom. The number of rotatable bonds is 0. The van der Waals surface area contributed by atoms with E-state index in [1.807, 2.05) is 0 Å². The van der Waals surface area contributed by atoms with Crippen molar-refractivity contribution in [1.29, 1.82) is 0 Å². The number of imide groups is 1. The molecule has 0 unspecified atom stereocenters. The molecular weight excluding hydrogens is 190 g/mol. The first-order chi connectivity index (χ1) is 4.05. The van der Waals surface area contributed by atoms with E-state index in [2.05, 4.69) is 16.1 Å². The lowest BCUT2D eigenvalue weighted by atomic mass is 10.4. The molecule has 0 atom stereocenters. The van der Waals surface area contributed by atoms with Crippen molar-refractivity contribution >= 4 is 28.0 Å². The number of carbonyl (C=O) groups excluding carboxylic acids is 2. The first-order valence-electron chi connectivity index (χ1n) is 2.43. The molecule has 0 aromatic heterocycles. The molecule has 1 aliphatic heterocycles. The molecule has 50 valence electrons. The van der Waals surface area contributed by atoms with Crippen LogP contribution in [0, 0.1) is 0 Å². The molecule has 1 rings (SSSR count). The lowest BCUT2D eigenvalue weighted by Crippen LogP contribution is -2.38. The maximum atomic E-state index is 10.6. The van der Waals surface area contributed by atoms with Crippen LogP contribution in [0.25, 0.3) is 0 Å². The van der Waals surface area contributed by atoms with Gasteiger partial charge in [-0.25, -0.2) is 9.59 Å². The van der Waals surface area contributed by atoms with E-state index in [1.165, 1.54) is 0 Å². The van der Waals surface area contributed by atoms with Gasteiger partial charge in [0.05, 0.1) is 12.8 Å². The number of halogens is 1. The van der Waals surface area contributed by atoms with Gasteiger partial charge in [0, 0.05) is 3.67 Å². The minimum absolute atomic E-state index is 0.126. The van der Waals surface area contributed by atoms with Gasteiger partial charge >= 0.3 is 11.8 Å². The van der Waals surface area contributed by atoms with Gasteiger partial charge < -0.3 is 0 Å². The fraction of sp³-hybridized carbons (Fsp3) is 0.500. The fourth-order valence-corrected chi connectivity index (χ4v) is 1.00. The van der Waals surface area contributed by atoms with Crippen LogP contribution < -0.4 is 0 Å². The van der Waals surface area contributed by atoms with E-state index >= 15 is 0 Å². The molecule has 0 saturated carbocycles. The summed E-state index contributed by atoms with van der Waals surface area (Å²) in [6, 6.07) is 0. The topological polar surface area (TPSA) is 54.4 Å². The summed E-state index contributed by atoms with van der Waals surface area (Å²) < 4.78 is -1.24. The van der Waals surface area contributed by atoms with Gasteiger partial charge in [-0.2, -0.15) is 5.21 Å². The maximum absolute atomic E-state index is 10.6. The Balaban J connectivity index is 2.91. The zero-order valence-electron chi connectivity index (χ0n) is 4.50. The second kappa shape index (κ2) is 1.86. The SMILES string of the molecule is O=C1CCC(=O)[N+]1(O)Br. The lowest BCUT2D eigenvalue weighted by molar-refractivity contribution is -0.840. The first kappa shape index (κ1) is 6.85. The number of hydrogen-bond donors (Lipinski definition) is 1. The highest BCUT2D eigenvalue weighted by atomic mass is 79.9. The van der Waals surface area contributed by atoms with Crippen LogP contribution in [0.5, 0.6) is 0 Å². The number of hydroxylamine groups is 2. The van der Waals surface area contributed by atoms with Gasteiger partial charge in [-0.1, -0.05) is 0 Å². The third kappa shape index (κ3) is 0.910. The van der Waals surface area contributed by atoms with E-state index in [-0.39, 0.29) is 12.8 Å². The molecule has 0 bridgehead atoms. The third-order valence-corrected chi connectivity index (χ3v) is 2.00. The van der Waals surface area contributed by atoms with Crippen molar-refractivity contribution in [3.05, 3.63) is 0 Å². The van der Waals surface area contributed by atoms with Crippen molar-refractivity contribution < 1.29 is 18.5 Å². The molecule has 1 N–H and O–H groups in total. The van der Waals surface area contributed by atoms with E-state index in [4.69, 9.17) is 5.21 Å². The smallest absolute Gasteiger partial charge is 0.226 e. The molecular formula is C4H5BrNO3+. The van der Waals surface area contributed by atoms with Crippen LogP contribution in [0.3, 0.4) is 0 Å². The Kier molecular flexibility index (Phi) is 1.42. The molecule has 5 heteroatoms. The minimum atomic E-state index is -1.24. The summed E-state index contributed by atoms with van der Waals surface area (Å²) in [4.78, 5) is 21.1. The standard InChI is InChI=1S/C4H5BrNO3/c5-6(9)3(7)1-2-4(6)8/h9H,1-2H2/q+1. The maximum Gasteiger partial charge on any atom is 0.364 e. The number of amides is 2. The van der Waals surface area contributed by atoms with Crippen molar-refractivity contribution in [1.82, 2.24) is 0 Å². The summed E-state index contributed by atoms with van der Waals surface area (Å²) >= 11 is 2.57. The van der Waals surface area contributed by atoms with E-state index in [0.717, 1.165) is 0 Å². The molecule has 1 aliphatic rings. The molecule has 1 heterocycles. The summed E-state index contributed by atoms with van der Waals surface area (Å²) in [6.07, 6.45) is 0.251. The predicted molar refractivity (Wildman–Crippen MR) is 30.2 cm³/mol. The van der Waals surface area contributed by atoms with Gasteiger partial charge in [0.25, 0.3) is 16.1 Å². The van der Waals surface area contributed by atoms with Crippen LogP contribution in [-0.4, -0.2) is 20.7 Å². The predicted octanol–water partition coefficient (Wildman–Crippen LogP) is 0.349. The highest BCUT2D eigenvalue weighted by molar-refractivity contribution is 9.05. The van der Waals surface area contributed by atoms with Gasteiger partial charge in [0.15, 0.2) is 0 Å². The first-order valence-corrected chi connectivity index (χ1v) is 3.14. The Labute approximate surface area is 59.9 Å². The molecule has 9 heavy (non-hydrogen) atoms. The van der Waals surface area contributed by atoms with Crippen molar-refractivity contribution in [3.8, 4) is 0 Å². The van der Waals surface area contributed by atoms with Gasteiger partial charge in [0.2, 0.25) is 0 Å². The summed E-state index contributed by atoms with van der Waals surface area (Å²) in [7, 11) is 0. The minimum Gasteiger partial charge on any atom is -0.226 e. The highest BCUT2D eigenvalue weighted by Crippen LogP contribution is 2.23. The Bertz CT molecular complexity index is 159. The van der Waals surface area contributed by atoms with E-state index in [0.29, 0.717) is 0 Å². The van der Waals surface area contributed by atoms with Crippen LogP contribution in [0.15, 0.2) is 0 Å². The third-order valence-electron chi connectivity index (χ3n) is 1.21. The van der Waals surface area contributed by atoms with Gasteiger partial charge in [-0.3, -0.25) is 0 Å². The average Bonchev–Trinajstić information content (AvgIpc) is 1.96. The van der Waals surface area contributed by atoms with Gasteiger partial charge in [0.1, 0.15) is 0 Å². The van der Waals surface area contributed by atoms with Crippen LogP contribution in [0.2, 0.25) is 0 Å². The molecule has 0 radical (unpaired) electrons. The number of carbonyl (C=O) groups is 2. The monoisotopic (exact) mass is 194 g/mol. The average molecular weight is 195 g/mol. The zero-order valence-corrected chi connectivity index (χ0v) is 6.09. The lowest BCUT2D eigenvalue weighted by Gasteiger charge is -2.05. The number of hydrogen-bond acceptors (Lipinski definition) is 3. The summed E-state index contributed by atoms with van der Waals surface area (Å²) in [5.41, 5.74) is 0. The Morgan fingerprint density at radius 1 is 1.33 bits per heavy atom. The molecule has 0 aromatic carbocycles. The van der Waals surface area contributed by atoms with E-state index in [9.17, 15) is 9.59 Å². The van der Waals surface area contributed by atoms with Crippen molar-refractivity contribution in [2.45, 2.75) is 12.8 Å². The Hall–Kier alpha value is -0.260. The summed E-state index contributed by atoms with van der Waals surface area (Å²) in [5, 5.41) is 8.89. The zero-order chi connectivity index (χ0) is 7.07. The Morgan fingerprint density at radius 3 is 1.78 bits per heavy atom. The molecule has 1 saturated heterocycles. The molecule has 0 aliphatic carbocycles. The molecule has 2 amide bonds. The van der Waals surface area contributed by atoms with Gasteiger partial charge in [-0.15, -0.1) is 0 Å². The van der Waals surface area contributed by atoms with E-state index < -0.39 is 15.5 Å². The second-order valence-electron chi connectivity index (χ2n) is 1.84. The van der Waals surface area contributed by atoms with Crippen LogP contribution in [0.1, 0.15) is 12.8 Å². The largest absolute Gasteiger partial charge is 0.364 e. The van der Waals surface area contributed by atoms with Crippen LogP contribution in [-0.2, 0) is 9.59 Å². The quantitative estimate of drug-likeness (QED) is 0.344. The van der Waals surface area contributed by atoms with Gasteiger partial charge in [-0.05, 0) is 0 Å². The number of quaternary nitrogens is 1. The van der Waals surface area contributed by atoms with E-state index in [1.54, 1.807) is 0 Å². The normalized spacial score (nSPS) is 25.1. The fourth-order valence-electron chi connectivity index (χ4n) is 0.649. The highest BCUT2D eigenvalue weighted by Gasteiger charge is 2.48. The molecule has 0 spiro atoms. The summed E-state index contributed by atoms with van der Waals surface area (Å²) in [5.74, 6) is -1.000. The summed E-state index contributed by atoms with van der Waals surface area (Å²) in [6.45, 7) is 0. The van der Waals surface area contributed by atoms with Crippen molar-refractivity contribution in [3.63, 3.8) is 0 Å².